The fraction of sp³-hybridized carbons (Fsp3) is 0.739. The zero-order valence-electron chi connectivity index (χ0n) is 16.3. The van der Waals surface area contributed by atoms with Crippen molar-refractivity contribution < 1.29 is 9.84 Å². The smallest absolute Gasteiger partial charge is 0.119 e. The summed E-state index contributed by atoms with van der Waals surface area (Å²) in [6.45, 7) is 4.79. The molecule has 142 valence electrons. The molecule has 2 bridgehead atoms. The number of likely N-dealkylation sites (tertiary alicyclic amines) is 1. The lowest BCUT2D eigenvalue weighted by molar-refractivity contribution is -0.0496. The van der Waals surface area contributed by atoms with Crippen molar-refractivity contribution in [2.45, 2.75) is 75.9 Å². The molecule has 3 heteroatoms. The molecular weight excluding hydrogens is 322 g/mol. The van der Waals surface area contributed by atoms with Gasteiger partial charge in [-0.05, 0) is 98.6 Å². The van der Waals surface area contributed by atoms with E-state index in [4.69, 9.17) is 4.74 Å². The normalized spacial score (nSPS) is 36.3. The van der Waals surface area contributed by atoms with Crippen molar-refractivity contribution in [2.24, 2.45) is 11.8 Å². The lowest BCUT2D eigenvalue weighted by Crippen LogP contribution is -2.62. The Bertz CT molecular complexity index is 698. The third-order valence-corrected chi connectivity index (χ3v) is 7.97. The fourth-order valence-electron chi connectivity index (χ4n) is 6.54. The van der Waals surface area contributed by atoms with Gasteiger partial charge in [0.05, 0.1) is 13.2 Å². The molecule has 1 saturated heterocycles. The summed E-state index contributed by atoms with van der Waals surface area (Å²) in [4.78, 5) is 2.84. The molecule has 1 N–H and O–H groups in total. The van der Waals surface area contributed by atoms with Crippen LogP contribution in [0.3, 0.4) is 0 Å². The summed E-state index contributed by atoms with van der Waals surface area (Å²) in [5, 5.41) is 10.6. The molecule has 1 aliphatic heterocycles. The Morgan fingerprint density at radius 1 is 1.23 bits per heavy atom. The average molecular weight is 356 g/mol. The number of aliphatic hydroxyl groups excluding tert-OH is 1. The molecule has 3 aliphatic carbocycles. The van der Waals surface area contributed by atoms with E-state index >= 15 is 0 Å². The molecule has 0 unspecified atom stereocenters. The van der Waals surface area contributed by atoms with Gasteiger partial charge < -0.3 is 9.84 Å². The van der Waals surface area contributed by atoms with Crippen LogP contribution in [0.2, 0.25) is 0 Å². The molecule has 3 nitrogen and oxygen atoms in total. The van der Waals surface area contributed by atoms with Crippen LogP contribution in [-0.2, 0) is 18.3 Å². The maximum Gasteiger partial charge on any atom is 0.119 e. The Hall–Kier alpha value is -1.06. The van der Waals surface area contributed by atoms with E-state index in [0.717, 1.165) is 30.9 Å². The van der Waals surface area contributed by atoms with E-state index in [0.29, 0.717) is 12.0 Å². The van der Waals surface area contributed by atoms with Gasteiger partial charge in [-0.2, -0.15) is 0 Å². The molecule has 1 aromatic carbocycles. The molecule has 0 amide bonds. The topological polar surface area (TPSA) is 32.7 Å². The summed E-state index contributed by atoms with van der Waals surface area (Å²) in [5.74, 6) is 2.68. The number of benzene rings is 1. The van der Waals surface area contributed by atoms with E-state index in [1.807, 2.05) is 0 Å². The predicted molar refractivity (Wildman–Crippen MR) is 104 cm³/mol. The van der Waals surface area contributed by atoms with Crippen molar-refractivity contribution in [2.75, 3.05) is 20.2 Å². The number of nitrogens with zero attached hydrogens (tertiary/aromatic N) is 1. The zero-order valence-corrected chi connectivity index (χ0v) is 16.3. The predicted octanol–water partition coefficient (Wildman–Crippen LogP) is 3.70. The maximum atomic E-state index is 10.6. The fourth-order valence-corrected chi connectivity index (χ4v) is 6.54. The lowest BCUT2D eigenvalue weighted by atomic mass is 9.51. The van der Waals surface area contributed by atoms with Crippen LogP contribution in [-0.4, -0.2) is 42.4 Å². The maximum absolute atomic E-state index is 10.6. The number of hydrogen-bond acceptors (Lipinski definition) is 3. The molecule has 5 rings (SSSR count). The van der Waals surface area contributed by atoms with E-state index in [2.05, 4.69) is 24.0 Å². The van der Waals surface area contributed by atoms with Gasteiger partial charge in [0.1, 0.15) is 5.75 Å². The number of methoxy groups -OCH3 is 1. The van der Waals surface area contributed by atoms with Gasteiger partial charge in [0, 0.05) is 18.0 Å². The summed E-state index contributed by atoms with van der Waals surface area (Å²) >= 11 is 0. The van der Waals surface area contributed by atoms with Gasteiger partial charge >= 0.3 is 0 Å². The summed E-state index contributed by atoms with van der Waals surface area (Å²) in [5.41, 5.74) is 4.76. The molecule has 1 heterocycles. The van der Waals surface area contributed by atoms with Crippen LogP contribution in [0.5, 0.6) is 5.75 Å². The Balaban J connectivity index is 1.62. The largest absolute Gasteiger partial charge is 0.497 e. The van der Waals surface area contributed by atoms with Crippen LogP contribution in [0, 0.1) is 11.8 Å². The number of piperidine rings is 1. The van der Waals surface area contributed by atoms with Crippen LogP contribution in [0.15, 0.2) is 12.1 Å². The highest BCUT2D eigenvalue weighted by atomic mass is 16.5. The molecule has 0 radical (unpaired) electrons. The van der Waals surface area contributed by atoms with Crippen LogP contribution in [0.1, 0.15) is 62.1 Å². The van der Waals surface area contributed by atoms with E-state index < -0.39 is 0 Å². The van der Waals surface area contributed by atoms with Gasteiger partial charge in [-0.25, -0.2) is 0 Å². The van der Waals surface area contributed by atoms with Gasteiger partial charge in [0.15, 0.2) is 0 Å². The summed E-state index contributed by atoms with van der Waals surface area (Å²) in [6.07, 6.45) is 9.35. The van der Waals surface area contributed by atoms with Crippen LogP contribution in [0.4, 0.5) is 0 Å². The first kappa shape index (κ1) is 17.1. The third-order valence-electron chi connectivity index (χ3n) is 7.97. The first-order chi connectivity index (χ1) is 12.6. The molecule has 3 fully saturated rings. The Morgan fingerprint density at radius 3 is 2.81 bits per heavy atom. The highest BCUT2D eigenvalue weighted by Crippen LogP contribution is 2.57. The van der Waals surface area contributed by atoms with Crippen molar-refractivity contribution in [3.63, 3.8) is 0 Å². The highest BCUT2D eigenvalue weighted by molar-refractivity contribution is 5.50. The van der Waals surface area contributed by atoms with Crippen molar-refractivity contribution in [1.82, 2.24) is 4.90 Å². The Kier molecular flexibility index (Phi) is 4.09. The average Bonchev–Trinajstić information content (AvgIpc) is 3.47. The molecule has 1 aromatic rings. The lowest BCUT2D eigenvalue weighted by Gasteiger charge is -2.60. The van der Waals surface area contributed by atoms with Gasteiger partial charge in [-0.1, -0.05) is 6.92 Å². The van der Waals surface area contributed by atoms with Crippen LogP contribution in [0.25, 0.3) is 0 Å². The SMILES string of the molecule is CCc1cc(OC)cc2c1C[C@@H]1[C@@H]3CC[C@H](O)C[C@]23CCN1CC1CC1. The molecule has 0 spiro atoms. The van der Waals surface area contributed by atoms with Crippen molar-refractivity contribution in [1.29, 1.82) is 0 Å². The molecule has 0 aromatic heterocycles. The van der Waals surface area contributed by atoms with Gasteiger partial charge in [0.25, 0.3) is 0 Å². The zero-order chi connectivity index (χ0) is 17.9. The minimum atomic E-state index is -0.135. The third kappa shape index (κ3) is 2.54. The minimum absolute atomic E-state index is 0.135. The highest BCUT2D eigenvalue weighted by Gasteiger charge is 2.56. The van der Waals surface area contributed by atoms with Crippen molar-refractivity contribution in [3.8, 4) is 5.75 Å². The van der Waals surface area contributed by atoms with E-state index in [1.165, 1.54) is 56.3 Å². The molecular formula is C23H33NO2. The second kappa shape index (κ2) is 6.24. The molecule has 4 aliphatic rings. The Morgan fingerprint density at radius 2 is 2.08 bits per heavy atom. The first-order valence-corrected chi connectivity index (χ1v) is 10.8. The van der Waals surface area contributed by atoms with Gasteiger partial charge in [0.2, 0.25) is 0 Å². The standard InChI is InChI=1S/C23H33NO2/c1-3-16-10-18(26-2)11-21-19(16)12-22-20-7-6-17(25)13-23(20,21)8-9-24(22)14-15-4-5-15/h10-11,15,17,20,22,25H,3-9,12-14H2,1-2H3/t17-,20-,22+,23-/m0/s1. The van der Waals surface area contributed by atoms with E-state index in [1.54, 1.807) is 12.7 Å². The second-order valence-electron chi connectivity index (χ2n) is 9.32. The van der Waals surface area contributed by atoms with Gasteiger partial charge in [-0.3, -0.25) is 4.90 Å². The monoisotopic (exact) mass is 355 g/mol. The number of ether oxygens (including phenoxy) is 1. The van der Waals surface area contributed by atoms with E-state index in [9.17, 15) is 5.11 Å². The quantitative estimate of drug-likeness (QED) is 0.894. The summed E-state index contributed by atoms with van der Waals surface area (Å²) in [7, 11) is 1.79. The number of aryl methyl sites for hydroxylation is 1. The molecule has 4 atom stereocenters. The molecule has 2 saturated carbocycles. The van der Waals surface area contributed by atoms with E-state index in [-0.39, 0.29) is 11.5 Å². The molecule has 26 heavy (non-hydrogen) atoms. The number of aliphatic hydroxyl groups is 1. The second-order valence-corrected chi connectivity index (χ2v) is 9.32. The van der Waals surface area contributed by atoms with Crippen molar-refractivity contribution in [3.05, 3.63) is 28.8 Å². The van der Waals surface area contributed by atoms with Gasteiger partial charge in [-0.15, -0.1) is 0 Å². The number of hydrogen-bond donors (Lipinski definition) is 1. The van der Waals surface area contributed by atoms with Crippen LogP contribution < -0.4 is 4.74 Å². The van der Waals surface area contributed by atoms with Crippen molar-refractivity contribution >= 4 is 0 Å². The minimum Gasteiger partial charge on any atom is -0.497 e. The number of fused-ring (bicyclic) bond motifs is 1. The Labute approximate surface area is 157 Å². The summed E-state index contributed by atoms with van der Waals surface area (Å²) in [6, 6.07) is 5.27. The number of rotatable bonds is 4. The summed E-state index contributed by atoms with van der Waals surface area (Å²) < 4.78 is 5.67. The first-order valence-electron chi connectivity index (χ1n) is 10.8. The van der Waals surface area contributed by atoms with Crippen LogP contribution >= 0.6 is 0 Å².